The van der Waals surface area contributed by atoms with Crippen LogP contribution in [-0.2, 0) is 6.54 Å². The van der Waals surface area contributed by atoms with Crippen molar-refractivity contribution >= 4 is 46.8 Å². The zero-order chi connectivity index (χ0) is 25.8. The summed E-state index contributed by atoms with van der Waals surface area (Å²) in [5.41, 5.74) is 4.74. The van der Waals surface area contributed by atoms with Crippen LogP contribution in [0.1, 0.15) is 21.5 Å². The Balaban J connectivity index is 1.24. The van der Waals surface area contributed by atoms with Gasteiger partial charge in [0.1, 0.15) is 0 Å². The number of benzene rings is 2. The van der Waals surface area contributed by atoms with Crippen molar-refractivity contribution in [1.29, 1.82) is 0 Å². The van der Waals surface area contributed by atoms with Gasteiger partial charge in [-0.3, -0.25) is 0 Å². The molecule has 0 bridgehead atoms. The first-order valence-corrected chi connectivity index (χ1v) is 14.9. The molecule has 6 nitrogen and oxygen atoms in total. The predicted octanol–water partition coefficient (Wildman–Crippen LogP) is 3.31. The maximum atomic E-state index is 14.8. The molecule has 5 rings (SSSR count). The van der Waals surface area contributed by atoms with Gasteiger partial charge in [-0.1, -0.05) is 0 Å². The number of aromatic nitrogens is 2. The molecule has 1 N–H and O–H groups in total. The Morgan fingerprint density at radius 3 is 2.73 bits per heavy atom. The van der Waals surface area contributed by atoms with E-state index < -0.39 is 0 Å². The quantitative estimate of drug-likeness (QED) is 0.343. The second kappa shape index (κ2) is 11.7. The number of amides is 1. The molecule has 189 valence electrons. The number of likely N-dealkylation sites (N-methyl/N-ethyl adjacent to an activating group) is 1. The SMILES string of the molecule is Cc1ccc(NC(=O)c2ccc(CN3CCN(C)CC3)c(F)c2)cc1[As]c1nc(-c2cccnc2)cs1. The Labute approximate surface area is 227 Å². The minimum absolute atomic E-state index is 0.316. The van der Waals surface area contributed by atoms with Crippen molar-refractivity contribution in [3.63, 3.8) is 0 Å². The Morgan fingerprint density at radius 2 is 1.97 bits per heavy atom. The average Bonchev–Trinajstić information content (AvgIpc) is 3.37. The number of halogens is 1. The van der Waals surface area contributed by atoms with Crippen molar-refractivity contribution in [2.24, 2.45) is 0 Å². The summed E-state index contributed by atoms with van der Waals surface area (Å²) in [5.74, 6) is -0.654. The fourth-order valence-electron chi connectivity index (χ4n) is 4.14. The molecule has 1 amide bonds. The van der Waals surface area contributed by atoms with Crippen LogP contribution in [0.3, 0.4) is 0 Å². The van der Waals surface area contributed by atoms with Gasteiger partial charge in [-0.2, -0.15) is 0 Å². The number of rotatable bonds is 7. The standard InChI is InChI=1S/C28H28AsFN5OS/c1-19-5-8-23(15-24(19)29-28-33-26(18-37-28)21-4-3-9-31-16-21)32-27(36)20-6-7-22(25(30)14-20)17-35-12-10-34(2)11-13-35/h3-9,14-16,18H,10-13,17H2,1-2H3,(H,32,36). The van der Waals surface area contributed by atoms with Crippen molar-refractivity contribution in [2.75, 3.05) is 38.5 Å². The van der Waals surface area contributed by atoms with Gasteiger partial charge < -0.3 is 4.90 Å². The second-order valence-electron chi connectivity index (χ2n) is 9.21. The maximum absolute atomic E-state index is 14.8. The molecule has 1 saturated heterocycles. The first-order chi connectivity index (χ1) is 17.9. The number of nitrogens with one attached hydrogen (secondary N) is 1. The first kappa shape index (κ1) is 25.7. The summed E-state index contributed by atoms with van der Waals surface area (Å²) in [6, 6.07) is 14.6. The van der Waals surface area contributed by atoms with Gasteiger partial charge in [-0.15, -0.1) is 0 Å². The number of piperazine rings is 1. The third-order valence-corrected chi connectivity index (χ3v) is 10.3. The van der Waals surface area contributed by atoms with Crippen LogP contribution in [0.4, 0.5) is 10.1 Å². The molecule has 37 heavy (non-hydrogen) atoms. The van der Waals surface area contributed by atoms with Crippen LogP contribution in [0.15, 0.2) is 66.3 Å². The summed E-state index contributed by atoms with van der Waals surface area (Å²) in [4.78, 5) is 26.4. The zero-order valence-corrected chi connectivity index (χ0v) is 23.5. The topological polar surface area (TPSA) is 61.4 Å². The minimum atomic E-state index is -0.342. The van der Waals surface area contributed by atoms with E-state index in [0.717, 1.165) is 46.8 Å². The molecule has 2 aromatic heterocycles. The number of nitrogens with zero attached hydrogens (tertiary/aromatic N) is 4. The number of carbonyl (C=O) groups is 1. The van der Waals surface area contributed by atoms with Crippen LogP contribution < -0.4 is 13.5 Å². The molecular formula is C28H28AsFN5OS. The number of thiazole rings is 1. The van der Waals surface area contributed by atoms with Crippen molar-refractivity contribution in [1.82, 2.24) is 19.8 Å². The third-order valence-electron chi connectivity index (χ3n) is 6.44. The molecule has 0 saturated carbocycles. The molecule has 4 aromatic rings. The third kappa shape index (κ3) is 6.51. The van der Waals surface area contributed by atoms with E-state index in [1.54, 1.807) is 29.7 Å². The monoisotopic (exact) mass is 576 g/mol. The number of pyridine rings is 1. The molecule has 0 unspecified atom stereocenters. The molecule has 0 spiro atoms. The molecule has 1 aliphatic rings. The van der Waals surface area contributed by atoms with E-state index in [1.807, 2.05) is 36.5 Å². The number of hydrogen-bond donors (Lipinski definition) is 1. The number of carbonyl (C=O) groups excluding carboxylic acids is 1. The summed E-state index contributed by atoms with van der Waals surface area (Å²) in [5, 5.41) is 5.00. The van der Waals surface area contributed by atoms with Gasteiger partial charge in [-0.05, 0) is 7.05 Å². The van der Waals surface area contributed by atoms with E-state index in [0.29, 0.717) is 23.4 Å². The van der Waals surface area contributed by atoms with Crippen molar-refractivity contribution in [2.45, 2.75) is 13.5 Å². The van der Waals surface area contributed by atoms with Gasteiger partial charge >= 0.3 is 203 Å². The molecular weight excluding hydrogens is 548 g/mol. The summed E-state index contributed by atoms with van der Waals surface area (Å²) in [7, 11) is 2.10. The number of anilines is 1. The van der Waals surface area contributed by atoms with Crippen molar-refractivity contribution in [3.05, 3.63) is 88.8 Å². The summed E-state index contributed by atoms with van der Waals surface area (Å²) < 4.78 is 17.1. The van der Waals surface area contributed by atoms with E-state index >= 15 is 0 Å². The van der Waals surface area contributed by atoms with Crippen LogP contribution >= 0.6 is 11.3 Å². The van der Waals surface area contributed by atoms with Gasteiger partial charge in [0.05, 0.1) is 0 Å². The summed E-state index contributed by atoms with van der Waals surface area (Å²) >= 11 is 1.31. The molecule has 9 heteroatoms. The van der Waals surface area contributed by atoms with Crippen LogP contribution in [0.2, 0.25) is 0 Å². The van der Waals surface area contributed by atoms with E-state index in [4.69, 9.17) is 4.98 Å². The van der Waals surface area contributed by atoms with Gasteiger partial charge in [-0.25, -0.2) is 0 Å². The van der Waals surface area contributed by atoms with Crippen LogP contribution in [0.25, 0.3) is 11.3 Å². The first-order valence-electron chi connectivity index (χ1n) is 12.1. The molecule has 0 atom stereocenters. The normalized spacial score (nSPS) is 14.9. The molecule has 0 aliphatic carbocycles. The van der Waals surface area contributed by atoms with Gasteiger partial charge in [0.15, 0.2) is 0 Å². The van der Waals surface area contributed by atoms with Gasteiger partial charge in [0.25, 0.3) is 0 Å². The van der Waals surface area contributed by atoms with E-state index in [2.05, 4.69) is 39.5 Å². The number of hydrogen-bond acceptors (Lipinski definition) is 6. The Bertz CT molecular complexity index is 1390. The van der Waals surface area contributed by atoms with E-state index in [1.165, 1.54) is 10.4 Å². The Hall–Kier alpha value is -2.90. The molecule has 1 radical (unpaired) electrons. The van der Waals surface area contributed by atoms with Crippen molar-refractivity contribution in [3.8, 4) is 11.3 Å². The number of aryl methyl sites for hydroxylation is 1. The van der Waals surface area contributed by atoms with Gasteiger partial charge in [0, 0.05) is 13.1 Å². The second-order valence-corrected chi connectivity index (χ2v) is 13.1. The van der Waals surface area contributed by atoms with Crippen molar-refractivity contribution < 1.29 is 9.18 Å². The fraction of sp³-hybridized carbons (Fsp3) is 0.250. The zero-order valence-electron chi connectivity index (χ0n) is 20.8. The van der Waals surface area contributed by atoms with Crippen LogP contribution in [-0.4, -0.2) is 74.7 Å². The van der Waals surface area contributed by atoms with Crippen LogP contribution in [0, 0.1) is 12.7 Å². The fourth-order valence-corrected chi connectivity index (χ4v) is 7.64. The predicted molar refractivity (Wildman–Crippen MR) is 149 cm³/mol. The Morgan fingerprint density at radius 1 is 1.14 bits per heavy atom. The average molecular weight is 577 g/mol. The molecule has 2 aromatic carbocycles. The summed E-state index contributed by atoms with van der Waals surface area (Å²) in [6.07, 6.45) is 3.57. The van der Waals surface area contributed by atoms with E-state index in [9.17, 15) is 9.18 Å². The molecule has 3 heterocycles. The Kier molecular flexibility index (Phi) is 8.10. The van der Waals surface area contributed by atoms with E-state index in [-0.39, 0.29) is 27.5 Å². The van der Waals surface area contributed by atoms with Crippen LogP contribution in [0.5, 0.6) is 0 Å². The van der Waals surface area contributed by atoms with Gasteiger partial charge in [0.2, 0.25) is 0 Å². The molecule has 1 aliphatic heterocycles. The molecule has 1 fully saturated rings. The summed E-state index contributed by atoms with van der Waals surface area (Å²) in [6.45, 7) is 6.43.